The van der Waals surface area contributed by atoms with E-state index < -0.39 is 21.5 Å². The van der Waals surface area contributed by atoms with Gasteiger partial charge in [0.15, 0.2) is 0 Å². The van der Waals surface area contributed by atoms with Crippen molar-refractivity contribution in [3.05, 3.63) is 33.9 Å². The van der Waals surface area contributed by atoms with Crippen LogP contribution in [0.3, 0.4) is 0 Å². The van der Waals surface area contributed by atoms with E-state index in [-0.39, 0.29) is 15.5 Å². The lowest BCUT2D eigenvalue weighted by atomic mass is 10.2. The second-order valence-electron chi connectivity index (χ2n) is 2.77. The van der Waals surface area contributed by atoms with E-state index >= 15 is 0 Å². The second-order valence-corrected chi connectivity index (χ2v) is 4.95. The van der Waals surface area contributed by atoms with Crippen LogP contribution in [0.25, 0.3) is 5.83 Å². The molecule has 1 aromatic rings. The molecule has 0 radical (unpaired) electrons. The molecule has 2 rings (SSSR count). The van der Waals surface area contributed by atoms with Crippen molar-refractivity contribution in [1.82, 2.24) is 0 Å². The van der Waals surface area contributed by atoms with Crippen LogP contribution in [0.5, 0.6) is 0 Å². The van der Waals surface area contributed by atoms with E-state index in [1.807, 2.05) is 0 Å². The van der Waals surface area contributed by atoms with Gasteiger partial charge in [-0.25, -0.2) is 17.2 Å². The van der Waals surface area contributed by atoms with Crippen molar-refractivity contribution in [2.24, 2.45) is 0 Å². The summed E-state index contributed by atoms with van der Waals surface area (Å²) in [5.74, 6) is -1.79. The predicted octanol–water partition coefficient (Wildman–Crippen LogP) is 2.53. The summed E-state index contributed by atoms with van der Waals surface area (Å²) in [5.41, 5.74) is -0.184. The van der Waals surface area contributed by atoms with Crippen molar-refractivity contribution in [1.29, 1.82) is 0 Å². The number of benzene rings is 1. The molecule has 1 aromatic carbocycles. The minimum atomic E-state index is -3.83. The maximum atomic E-state index is 13.0. The van der Waals surface area contributed by atoms with E-state index in [0.29, 0.717) is 5.41 Å². The fourth-order valence-corrected chi connectivity index (χ4v) is 2.63. The minimum absolute atomic E-state index is 0.184. The molecule has 2 nitrogen and oxygen atoms in total. The summed E-state index contributed by atoms with van der Waals surface area (Å²) in [6.45, 7) is 0. The Labute approximate surface area is 83.7 Å². The van der Waals surface area contributed by atoms with E-state index in [0.717, 1.165) is 12.1 Å². The van der Waals surface area contributed by atoms with Gasteiger partial charge in [0.1, 0.15) is 11.6 Å². The molecular weight excluding hydrogens is 234 g/mol. The Hall–Kier alpha value is -0.940. The number of rotatable bonds is 0. The van der Waals surface area contributed by atoms with Gasteiger partial charge in [0, 0.05) is 5.56 Å². The van der Waals surface area contributed by atoms with Crippen LogP contribution in [-0.2, 0) is 9.84 Å². The maximum Gasteiger partial charge on any atom is 0.203 e. The lowest BCUT2D eigenvalue weighted by Gasteiger charge is -2.00. The van der Waals surface area contributed by atoms with Crippen molar-refractivity contribution in [2.45, 2.75) is 4.90 Å². The number of fused-ring (bicyclic) bond motifs is 1. The van der Waals surface area contributed by atoms with Crippen LogP contribution in [0.4, 0.5) is 8.78 Å². The van der Waals surface area contributed by atoms with Crippen LogP contribution in [0.15, 0.2) is 22.4 Å². The van der Waals surface area contributed by atoms with Crippen molar-refractivity contribution >= 4 is 27.3 Å². The highest BCUT2D eigenvalue weighted by Crippen LogP contribution is 2.36. The summed E-state index contributed by atoms with van der Waals surface area (Å²) < 4.78 is 48.3. The average Bonchev–Trinajstić information content (AvgIpc) is 2.26. The summed E-state index contributed by atoms with van der Waals surface area (Å²) in [7, 11) is -3.83. The molecular formula is C8H3ClF2O2S. The molecule has 0 aliphatic carbocycles. The first kappa shape index (κ1) is 9.61. The molecule has 0 fully saturated rings. The Balaban J connectivity index is 2.85. The highest BCUT2D eigenvalue weighted by Gasteiger charge is 2.28. The first-order valence-electron chi connectivity index (χ1n) is 3.53. The van der Waals surface area contributed by atoms with Crippen molar-refractivity contribution in [3.63, 3.8) is 0 Å². The standard InChI is InChI=1S/C8H3ClF2O2S/c9-5-1-4-7(11)3-14(12,13)8(4)2-6(5)10/h1-3H. The Morgan fingerprint density at radius 2 is 1.86 bits per heavy atom. The number of hydrogen-bond acceptors (Lipinski definition) is 2. The molecule has 14 heavy (non-hydrogen) atoms. The molecule has 0 aromatic heterocycles. The van der Waals surface area contributed by atoms with Crippen LogP contribution >= 0.6 is 11.6 Å². The van der Waals surface area contributed by atoms with Crippen LogP contribution in [0.2, 0.25) is 5.02 Å². The van der Waals surface area contributed by atoms with E-state index in [9.17, 15) is 17.2 Å². The first-order valence-corrected chi connectivity index (χ1v) is 5.46. The summed E-state index contributed by atoms with van der Waals surface area (Å²) in [4.78, 5) is -0.378. The van der Waals surface area contributed by atoms with Gasteiger partial charge in [0.05, 0.1) is 15.3 Å². The highest BCUT2D eigenvalue weighted by molar-refractivity contribution is 7.94. The Bertz CT molecular complexity index is 549. The molecule has 0 unspecified atom stereocenters. The molecule has 0 bridgehead atoms. The van der Waals surface area contributed by atoms with E-state index in [1.54, 1.807) is 0 Å². The van der Waals surface area contributed by atoms with Crippen LogP contribution in [-0.4, -0.2) is 8.42 Å². The second kappa shape index (κ2) is 2.77. The van der Waals surface area contributed by atoms with Gasteiger partial charge >= 0.3 is 0 Å². The lowest BCUT2D eigenvalue weighted by molar-refractivity contribution is 0.599. The summed E-state index contributed by atoms with van der Waals surface area (Å²) in [5, 5.41) is 0.150. The first-order chi connectivity index (χ1) is 6.42. The molecule has 74 valence electrons. The fraction of sp³-hybridized carbons (Fsp3) is 0. The van der Waals surface area contributed by atoms with Gasteiger partial charge in [-0.1, -0.05) is 11.6 Å². The third-order valence-electron chi connectivity index (χ3n) is 1.84. The zero-order valence-electron chi connectivity index (χ0n) is 6.59. The van der Waals surface area contributed by atoms with Crippen LogP contribution < -0.4 is 0 Å². The van der Waals surface area contributed by atoms with Crippen molar-refractivity contribution < 1.29 is 17.2 Å². The smallest absolute Gasteiger partial charge is 0.203 e. The number of sulfone groups is 1. The van der Waals surface area contributed by atoms with Gasteiger partial charge in [-0.2, -0.15) is 0 Å². The highest BCUT2D eigenvalue weighted by atomic mass is 35.5. The van der Waals surface area contributed by atoms with Crippen LogP contribution in [0, 0.1) is 5.82 Å². The molecule has 0 atom stereocenters. The van der Waals surface area contributed by atoms with Gasteiger partial charge in [-0.05, 0) is 12.1 Å². The van der Waals surface area contributed by atoms with Gasteiger partial charge in [-0.3, -0.25) is 0 Å². The normalized spacial score (nSPS) is 17.8. The Kier molecular flexibility index (Phi) is 1.90. The Morgan fingerprint density at radius 1 is 1.21 bits per heavy atom. The van der Waals surface area contributed by atoms with E-state index in [4.69, 9.17) is 11.6 Å². The minimum Gasteiger partial charge on any atom is -0.219 e. The maximum absolute atomic E-state index is 13.0. The zero-order valence-corrected chi connectivity index (χ0v) is 8.16. The molecule has 1 aliphatic heterocycles. The van der Waals surface area contributed by atoms with Gasteiger partial charge in [0.25, 0.3) is 0 Å². The zero-order chi connectivity index (χ0) is 10.5. The molecule has 0 spiro atoms. The quantitative estimate of drug-likeness (QED) is 0.694. The fourth-order valence-electron chi connectivity index (χ4n) is 1.21. The summed E-state index contributed by atoms with van der Waals surface area (Å²) >= 11 is 5.39. The van der Waals surface area contributed by atoms with Gasteiger partial charge in [-0.15, -0.1) is 0 Å². The largest absolute Gasteiger partial charge is 0.219 e. The Morgan fingerprint density at radius 3 is 2.50 bits per heavy atom. The SMILES string of the molecule is O=S1(=O)C=C(F)c2cc(Cl)c(F)cc21. The third-order valence-corrected chi connectivity index (χ3v) is 3.60. The van der Waals surface area contributed by atoms with Gasteiger partial charge in [0.2, 0.25) is 9.84 Å². The van der Waals surface area contributed by atoms with Gasteiger partial charge < -0.3 is 0 Å². The molecule has 0 saturated heterocycles. The van der Waals surface area contributed by atoms with E-state index in [2.05, 4.69) is 0 Å². The number of hydrogen-bond donors (Lipinski definition) is 0. The van der Waals surface area contributed by atoms with E-state index in [1.165, 1.54) is 0 Å². The third kappa shape index (κ3) is 1.24. The molecule has 0 N–H and O–H groups in total. The number of halogens is 3. The molecule has 1 heterocycles. The molecule has 0 saturated carbocycles. The predicted molar refractivity (Wildman–Crippen MR) is 47.7 cm³/mol. The van der Waals surface area contributed by atoms with Crippen LogP contribution in [0.1, 0.15) is 5.56 Å². The topological polar surface area (TPSA) is 34.1 Å². The summed E-state index contributed by atoms with van der Waals surface area (Å²) in [6.07, 6.45) is 0. The van der Waals surface area contributed by atoms with Crippen molar-refractivity contribution in [3.8, 4) is 0 Å². The molecule has 6 heteroatoms. The molecule has 0 amide bonds. The summed E-state index contributed by atoms with van der Waals surface area (Å²) in [6, 6.07) is 1.68. The monoisotopic (exact) mass is 236 g/mol. The molecule has 1 aliphatic rings. The lowest BCUT2D eigenvalue weighted by Crippen LogP contribution is -1.94. The average molecular weight is 237 g/mol. The van der Waals surface area contributed by atoms with Crippen molar-refractivity contribution in [2.75, 3.05) is 0 Å².